The highest BCUT2D eigenvalue weighted by Crippen LogP contribution is 2.49. The van der Waals surface area contributed by atoms with Crippen molar-refractivity contribution in [3.63, 3.8) is 0 Å². The van der Waals surface area contributed by atoms with Crippen LogP contribution in [0.2, 0.25) is 0 Å². The van der Waals surface area contributed by atoms with E-state index >= 15 is 0 Å². The van der Waals surface area contributed by atoms with Crippen LogP contribution in [0.1, 0.15) is 52.9 Å². The fourth-order valence-electron chi connectivity index (χ4n) is 3.58. The fourth-order valence-corrected chi connectivity index (χ4v) is 3.58. The first-order chi connectivity index (χ1) is 10.2. The first kappa shape index (κ1) is 16.8. The van der Waals surface area contributed by atoms with E-state index in [0.29, 0.717) is 18.3 Å². The fraction of sp³-hybridized carbons (Fsp3) is 0.812. The van der Waals surface area contributed by atoms with Crippen molar-refractivity contribution in [1.82, 2.24) is 10.6 Å². The number of fused-ring (bicyclic) bond motifs is 2. The maximum Gasteiger partial charge on any atom is 0.321 e. The van der Waals surface area contributed by atoms with Crippen LogP contribution >= 0.6 is 0 Å². The Balaban J connectivity index is 1.63. The molecule has 22 heavy (non-hydrogen) atoms. The predicted molar refractivity (Wildman–Crippen MR) is 80.9 cm³/mol. The minimum Gasteiger partial charge on any atom is -0.456 e. The SMILES string of the molecule is CC(C)(C)NC(=O)NC(=O)COC(=O)C[C@@H]1C[C@H]2CC[C@@H]1C2. The Morgan fingerprint density at radius 2 is 1.86 bits per heavy atom. The number of imide groups is 1. The van der Waals surface area contributed by atoms with Gasteiger partial charge >= 0.3 is 12.0 Å². The smallest absolute Gasteiger partial charge is 0.321 e. The summed E-state index contributed by atoms with van der Waals surface area (Å²) >= 11 is 0. The molecule has 124 valence electrons. The normalized spacial score (nSPS) is 26.6. The molecule has 2 bridgehead atoms. The summed E-state index contributed by atoms with van der Waals surface area (Å²) in [6.45, 7) is 5.03. The second-order valence-electron chi connectivity index (χ2n) is 7.55. The van der Waals surface area contributed by atoms with Gasteiger partial charge < -0.3 is 10.1 Å². The van der Waals surface area contributed by atoms with Crippen molar-refractivity contribution < 1.29 is 19.1 Å². The summed E-state index contributed by atoms with van der Waals surface area (Å²) in [6, 6.07) is -0.582. The molecular weight excluding hydrogens is 284 g/mol. The zero-order valence-corrected chi connectivity index (χ0v) is 13.6. The third-order valence-corrected chi connectivity index (χ3v) is 4.42. The first-order valence-corrected chi connectivity index (χ1v) is 8.00. The molecule has 0 aromatic heterocycles. The number of nitrogens with one attached hydrogen (secondary N) is 2. The van der Waals surface area contributed by atoms with Gasteiger partial charge in [-0.3, -0.25) is 14.9 Å². The molecule has 3 atom stereocenters. The summed E-state index contributed by atoms with van der Waals surface area (Å²) in [4.78, 5) is 34.8. The highest BCUT2D eigenvalue weighted by atomic mass is 16.5. The van der Waals surface area contributed by atoms with Crippen molar-refractivity contribution in [2.24, 2.45) is 17.8 Å². The van der Waals surface area contributed by atoms with Crippen molar-refractivity contribution in [1.29, 1.82) is 0 Å². The lowest BCUT2D eigenvalue weighted by atomic mass is 9.86. The van der Waals surface area contributed by atoms with Crippen molar-refractivity contribution in [2.75, 3.05) is 6.61 Å². The molecule has 6 nitrogen and oxygen atoms in total. The minimum atomic E-state index is -0.608. The Hall–Kier alpha value is -1.59. The summed E-state index contributed by atoms with van der Waals surface area (Å²) in [5.41, 5.74) is -0.428. The molecule has 2 N–H and O–H groups in total. The number of urea groups is 1. The topological polar surface area (TPSA) is 84.5 Å². The van der Waals surface area contributed by atoms with Crippen molar-refractivity contribution in [3.8, 4) is 0 Å². The van der Waals surface area contributed by atoms with Crippen LogP contribution in [-0.4, -0.2) is 30.1 Å². The summed E-state index contributed by atoms with van der Waals surface area (Å²) < 4.78 is 4.97. The molecule has 2 rings (SSSR count). The number of carbonyl (C=O) groups excluding carboxylic acids is 3. The van der Waals surface area contributed by atoms with E-state index in [0.717, 1.165) is 12.3 Å². The Labute approximate surface area is 131 Å². The van der Waals surface area contributed by atoms with E-state index in [4.69, 9.17) is 4.74 Å². The lowest BCUT2D eigenvalue weighted by molar-refractivity contribution is -0.149. The summed E-state index contributed by atoms with van der Waals surface area (Å²) in [5, 5.41) is 4.75. The van der Waals surface area contributed by atoms with Crippen molar-refractivity contribution in [2.45, 2.75) is 58.4 Å². The van der Waals surface area contributed by atoms with Gasteiger partial charge in [-0.2, -0.15) is 0 Å². The van der Waals surface area contributed by atoms with Gasteiger partial charge in [0.15, 0.2) is 6.61 Å². The number of hydrogen-bond donors (Lipinski definition) is 2. The molecular formula is C16H26N2O4. The second-order valence-corrected chi connectivity index (χ2v) is 7.55. The molecule has 0 aromatic rings. The van der Waals surface area contributed by atoms with Gasteiger partial charge in [-0.1, -0.05) is 6.42 Å². The van der Waals surface area contributed by atoms with Crippen LogP contribution in [0, 0.1) is 17.8 Å². The van der Waals surface area contributed by atoms with Crippen LogP contribution in [0.5, 0.6) is 0 Å². The van der Waals surface area contributed by atoms with E-state index < -0.39 is 24.1 Å². The van der Waals surface area contributed by atoms with Crippen LogP contribution in [0.15, 0.2) is 0 Å². The van der Waals surface area contributed by atoms with Crippen LogP contribution in [0.25, 0.3) is 0 Å². The van der Waals surface area contributed by atoms with Crippen LogP contribution < -0.4 is 10.6 Å². The third-order valence-electron chi connectivity index (χ3n) is 4.42. The number of ether oxygens (including phenoxy) is 1. The summed E-state index contributed by atoms with van der Waals surface area (Å²) in [6.07, 6.45) is 5.26. The third kappa shape index (κ3) is 5.00. The number of amides is 3. The molecule has 0 heterocycles. The lowest BCUT2D eigenvalue weighted by Gasteiger charge is -2.21. The first-order valence-electron chi connectivity index (χ1n) is 8.00. The zero-order chi connectivity index (χ0) is 16.3. The molecule has 2 aliphatic rings. The average Bonchev–Trinajstić information content (AvgIpc) is 2.96. The predicted octanol–water partition coefficient (Wildman–Crippen LogP) is 1.98. The van der Waals surface area contributed by atoms with Crippen molar-refractivity contribution >= 4 is 17.9 Å². The van der Waals surface area contributed by atoms with E-state index in [1.165, 1.54) is 19.3 Å². The van der Waals surface area contributed by atoms with Crippen molar-refractivity contribution in [3.05, 3.63) is 0 Å². The number of hydrogen-bond acceptors (Lipinski definition) is 4. The Morgan fingerprint density at radius 3 is 2.41 bits per heavy atom. The molecule has 2 aliphatic carbocycles. The largest absolute Gasteiger partial charge is 0.456 e. The van der Waals surface area contributed by atoms with E-state index in [9.17, 15) is 14.4 Å². The van der Waals surface area contributed by atoms with Gasteiger partial charge in [0.2, 0.25) is 0 Å². The van der Waals surface area contributed by atoms with Gasteiger partial charge in [-0.15, -0.1) is 0 Å². The molecule has 2 saturated carbocycles. The zero-order valence-electron chi connectivity index (χ0n) is 13.6. The Morgan fingerprint density at radius 1 is 1.14 bits per heavy atom. The highest BCUT2D eigenvalue weighted by Gasteiger charge is 2.40. The standard InChI is InChI=1S/C16H26N2O4/c1-16(2,3)18-15(21)17-13(19)9-22-14(20)8-12-7-10-4-5-11(12)6-10/h10-12H,4-9H2,1-3H3,(H2,17,18,19,21)/t10-,11+,12-/m0/s1. The minimum absolute atomic E-state index is 0.344. The molecule has 0 unspecified atom stereocenters. The molecule has 0 radical (unpaired) electrons. The molecule has 2 fully saturated rings. The van der Waals surface area contributed by atoms with Gasteiger partial charge in [0.05, 0.1) is 0 Å². The quantitative estimate of drug-likeness (QED) is 0.778. The van der Waals surface area contributed by atoms with Gasteiger partial charge in [0.25, 0.3) is 5.91 Å². The van der Waals surface area contributed by atoms with E-state index in [1.54, 1.807) is 0 Å². The van der Waals surface area contributed by atoms with E-state index in [-0.39, 0.29) is 5.97 Å². The lowest BCUT2D eigenvalue weighted by Crippen LogP contribution is -2.49. The molecule has 3 amide bonds. The summed E-state index contributed by atoms with van der Waals surface area (Å²) in [5.74, 6) is 0.904. The maximum atomic E-state index is 11.8. The number of rotatable bonds is 4. The van der Waals surface area contributed by atoms with Gasteiger partial charge in [0.1, 0.15) is 0 Å². The van der Waals surface area contributed by atoms with E-state index in [1.807, 2.05) is 20.8 Å². The van der Waals surface area contributed by atoms with E-state index in [2.05, 4.69) is 10.6 Å². The molecule has 0 aromatic carbocycles. The molecule has 6 heteroatoms. The second kappa shape index (κ2) is 6.67. The maximum absolute atomic E-state index is 11.8. The number of esters is 1. The molecule has 0 aliphatic heterocycles. The molecule has 0 saturated heterocycles. The van der Waals surface area contributed by atoms with Gasteiger partial charge in [-0.05, 0) is 57.8 Å². The van der Waals surface area contributed by atoms with Gasteiger partial charge in [-0.25, -0.2) is 4.79 Å². The van der Waals surface area contributed by atoms with Crippen LogP contribution in [0.4, 0.5) is 4.79 Å². The Kier molecular flexibility index (Phi) is 5.08. The Bertz CT molecular complexity index is 456. The highest BCUT2D eigenvalue weighted by molar-refractivity contribution is 5.95. The van der Waals surface area contributed by atoms with Crippen LogP contribution in [-0.2, 0) is 14.3 Å². The summed E-state index contributed by atoms with van der Waals surface area (Å²) in [7, 11) is 0. The van der Waals surface area contributed by atoms with Crippen LogP contribution in [0.3, 0.4) is 0 Å². The monoisotopic (exact) mass is 310 g/mol. The molecule has 0 spiro atoms. The number of carbonyl (C=O) groups is 3. The average molecular weight is 310 g/mol. The van der Waals surface area contributed by atoms with Gasteiger partial charge in [0, 0.05) is 12.0 Å².